The van der Waals surface area contributed by atoms with Gasteiger partial charge in [0.15, 0.2) is 0 Å². The second-order valence-corrected chi connectivity index (χ2v) is 3.98. The van der Waals surface area contributed by atoms with Gasteiger partial charge in [-0.25, -0.2) is 9.59 Å². The van der Waals surface area contributed by atoms with Gasteiger partial charge < -0.3 is 19.7 Å². The summed E-state index contributed by atoms with van der Waals surface area (Å²) in [7, 11) is 2.49. The maximum atomic E-state index is 10.9. The average Bonchev–Trinajstić information content (AvgIpc) is 2.55. The van der Waals surface area contributed by atoms with Crippen molar-refractivity contribution in [3.05, 3.63) is 59.7 Å². The van der Waals surface area contributed by atoms with Gasteiger partial charge >= 0.3 is 28.4 Å². The first kappa shape index (κ1) is 20.5. The zero-order valence-corrected chi connectivity index (χ0v) is 13.4. The Morgan fingerprint density at radius 2 is 1.04 bits per heavy atom. The van der Waals surface area contributed by atoms with Crippen LogP contribution in [0.2, 0.25) is 0 Å². The van der Waals surface area contributed by atoms with Gasteiger partial charge in [-0.05, 0) is 12.1 Å². The van der Waals surface area contributed by atoms with E-state index in [0.717, 1.165) is 0 Å². The van der Waals surface area contributed by atoms with Crippen molar-refractivity contribution < 1.29 is 45.8 Å². The van der Waals surface area contributed by atoms with Crippen molar-refractivity contribution in [2.24, 2.45) is 0 Å². The van der Waals surface area contributed by atoms with Gasteiger partial charge in [0.25, 0.3) is 0 Å². The van der Waals surface area contributed by atoms with E-state index in [0.29, 0.717) is 0 Å². The van der Waals surface area contributed by atoms with Crippen molar-refractivity contribution in [1.82, 2.24) is 0 Å². The summed E-state index contributed by atoms with van der Waals surface area (Å²) in [4.78, 5) is 21.6. The predicted octanol–water partition coefficient (Wildman–Crippen LogP) is 1.09. The zero-order chi connectivity index (χ0) is 16.5. The fourth-order valence-electron chi connectivity index (χ4n) is 1.49. The zero-order valence-electron chi connectivity index (χ0n) is 12.4. The molecule has 6 nitrogen and oxygen atoms in total. The van der Waals surface area contributed by atoms with Crippen LogP contribution in [0.25, 0.3) is 0 Å². The molecule has 0 radical (unpaired) electrons. The molecular formula is C16H14NiO6. The van der Waals surface area contributed by atoms with E-state index in [4.69, 9.17) is 0 Å². The summed E-state index contributed by atoms with van der Waals surface area (Å²) >= 11 is 0. The minimum absolute atomic E-state index is 0. The van der Waals surface area contributed by atoms with Crippen LogP contribution in [0.4, 0.5) is 0 Å². The predicted molar refractivity (Wildman–Crippen MR) is 74.5 cm³/mol. The van der Waals surface area contributed by atoms with Crippen LogP contribution in [0.3, 0.4) is 0 Å². The molecule has 0 spiro atoms. The molecule has 23 heavy (non-hydrogen) atoms. The molecule has 0 saturated carbocycles. The Morgan fingerprint density at radius 1 is 0.739 bits per heavy atom. The molecule has 0 aromatic heterocycles. The van der Waals surface area contributed by atoms with Crippen LogP contribution in [0.5, 0.6) is 11.5 Å². The van der Waals surface area contributed by atoms with Crippen LogP contribution < -0.4 is 10.2 Å². The maximum Gasteiger partial charge on any atom is 2.00 e. The number of hydrogen-bond acceptors (Lipinski definition) is 6. The van der Waals surface area contributed by atoms with E-state index in [-0.39, 0.29) is 39.1 Å². The van der Waals surface area contributed by atoms with Crippen LogP contribution in [0.15, 0.2) is 48.5 Å². The van der Waals surface area contributed by atoms with Crippen molar-refractivity contribution >= 4 is 11.9 Å². The Hall–Kier alpha value is -2.53. The number of carbonyl (C=O) groups excluding carboxylic acids is 2. The molecule has 7 heteroatoms. The Bertz CT molecular complexity index is 599. The van der Waals surface area contributed by atoms with Crippen LogP contribution >= 0.6 is 0 Å². The van der Waals surface area contributed by atoms with E-state index < -0.39 is 11.9 Å². The van der Waals surface area contributed by atoms with Crippen molar-refractivity contribution in [2.75, 3.05) is 14.2 Å². The van der Waals surface area contributed by atoms with Crippen molar-refractivity contribution in [3.8, 4) is 11.5 Å². The number of methoxy groups -OCH3 is 2. The summed E-state index contributed by atoms with van der Waals surface area (Å²) in [6, 6.07) is 11.9. The van der Waals surface area contributed by atoms with Gasteiger partial charge in [0.05, 0.1) is 25.3 Å². The smallest absolute Gasteiger partial charge is 0.872 e. The summed E-state index contributed by atoms with van der Waals surface area (Å²) in [5, 5.41) is 21.8. The van der Waals surface area contributed by atoms with Gasteiger partial charge in [0.1, 0.15) is 0 Å². The third-order valence-electron chi connectivity index (χ3n) is 2.58. The molecule has 0 amide bonds. The summed E-state index contributed by atoms with van der Waals surface area (Å²) in [5.74, 6) is -1.79. The van der Waals surface area contributed by atoms with Crippen LogP contribution in [-0.2, 0) is 26.0 Å². The molecule has 124 valence electrons. The van der Waals surface area contributed by atoms with Crippen LogP contribution in [0.1, 0.15) is 20.7 Å². The van der Waals surface area contributed by atoms with Gasteiger partial charge in [-0.15, -0.1) is 0 Å². The molecule has 0 atom stereocenters. The van der Waals surface area contributed by atoms with Crippen molar-refractivity contribution in [3.63, 3.8) is 0 Å². The monoisotopic (exact) mass is 360 g/mol. The summed E-state index contributed by atoms with van der Waals surface area (Å²) in [6.07, 6.45) is 0. The minimum atomic E-state index is -0.587. The average molecular weight is 361 g/mol. The summed E-state index contributed by atoms with van der Waals surface area (Å²) in [5.41, 5.74) is 0.157. The fourth-order valence-corrected chi connectivity index (χ4v) is 1.49. The summed E-state index contributed by atoms with van der Waals surface area (Å²) in [6.45, 7) is 0. The molecule has 0 unspecified atom stereocenters. The maximum absolute atomic E-state index is 10.9. The standard InChI is InChI=1S/2C8H8O3.Ni/c2*1-11-8(10)6-4-2-3-5-7(6)9;/h2*2-5,9H,1H3;/q;;+2/p-2. The molecular weight excluding hydrogens is 347 g/mol. The molecule has 0 aliphatic rings. The molecule has 2 aromatic carbocycles. The van der Waals surface area contributed by atoms with Gasteiger partial charge in [0.2, 0.25) is 0 Å². The largest absolute Gasteiger partial charge is 2.00 e. The van der Waals surface area contributed by atoms with E-state index in [1.807, 2.05) is 0 Å². The van der Waals surface area contributed by atoms with Crippen molar-refractivity contribution in [2.45, 2.75) is 0 Å². The third-order valence-corrected chi connectivity index (χ3v) is 2.58. The van der Waals surface area contributed by atoms with E-state index in [1.165, 1.54) is 38.5 Å². The second-order valence-electron chi connectivity index (χ2n) is 3.98. The number of esters is 2. The second kappa shape index (κ2) is 10.2. The molecule has 2 rings (SSSR count). The number of benzene rings is 2. The third kappa shape index (κ3) is 6.00. The van der Waals surface area contributed by atoms with Gasteiger partial charge in [-0.1, -0.05) is 47.9 Å². The van der Waals surface area contributed by atoms with E-state index in [1.54, 1.807) is 24.3 Å². The number of ether oxygens (including phenoxy) is 2. The molecule has 0 fully saturated rings. The number of carbonyl (C=O) groups is 2. The molecule has 0 aliphatic carbocycles. The Labute approximate surface area is 143 Å². The van der Waals surface area contributed by atoms with E-state index in [2.05, 4.69) is 9.47 Å². The molecule has 0 bridgehead atoms. The van der Waals surface area contributed by atoms with Crippen molar-refractivity contribution in [1.29, 1.82) is 0 Å². The van der Waals surface area contributed by atoms with E-state index in [9.17, 15) is 19.8 Å². The van der Waals surface area contributed by atoms with Crippen LogP contribution in [-0.4, -0.2) is 26.2 Å². The normalized spacial score (nSPS) is 8.78. The number of para-hydroxylation sites is 2. The van der Waals surface area contributed by atoms with Gasteiger partial charge in [-0.3, -0.25) is 0 Å². The van der Waals surface area contributed by atoms with E-state index >= 15 is 0 Å². The molecule has 0 aliphatic heterocycles. The minimum Gasteiger partial charge on any atom is -0.872 e. The Kier molecular flexibility index (Phi) is 9.12. The SMILES string of the molecule is COC(=O)c1ccccc1[O-].COC(=O)c1ccccc1[O-].[Ni+2]. The molecule has 0 saturated heterocycles. The molecule has 0 heterocycles. The quantitative estimate of drug-likeness (QED) is 0.587. The number of rotatable bonds is 2. The Morgan fingerprint density at radius 3 is 1.30 bits per heavy atom. The summed E-state index contributed by atoms with van der Waals surface area (Å²) < 4.78 is 8.76. The number of hydrogen-bond donors (Lipinski definition) is 0. The Balaban J connectivity index is 0.000000403. The molecule has 2 aromatic rings. The first-order chi connectivity index (χ1) is 10.5. The fraction of sp³-hybridized carbons (Fsp3) is 0.125. The first-order valence-electron chi connectivity index (χ1n) is 6.20. The van der Waals surface area contributed by atoms with Gasteiger partial charge in [0, 0.05) is 0 Å². The topological polar surface area (TPSA) is 98.7 Å². The molecule has 0 N–H and O–H groups in total. The first-order valence-corrected chi connectivity index (χ1v) is 6.20. The van der Waals surface area contributed by atoms with Crippen LogP contribution in [0, 0.1) is 0 Å². The van der Waals surface area contributed by atoms with Gasteiger partial charge in [-0.2, -0.15) is 0 Å².